The summed E-state index contributed by atoms with van der Waals surface area (Å²) in [7, 11) is -4.77. The summed E-state index contributed by atoms with van der Waals surface area (Å²) in [6.45, 7) is 4.31. The quantitative estimate of drug-likeness (QED) is 0.0197. The first-order chi connectivity index (χ1) is 36.2. The molecule has 0 aliphatic heterocycles. The van der Waals surface area contributed by atoms with Crippen molar-refractivity contribution in [3.05, 3.63) is 109 Å². The van der Waals surface area contributed by atoms with Gasteiger partial charge in [-0.2, -0.15) is 0 Å². The lowest BCUT2D eigenvalue weighted by molar-refractivity contribution is -0.161. The normalized spacial score (nSPS) is 14.2. The van der Waals surface area contributed by atoms with Crippen molar-refractivity contribution in [1.29, 1.82) is 0 Å². The van der Waals surface area contributed by atoms with Gasteiger partial charge in [0.1, 0.15) is 12.7 Å². The molecule has 11 nitrogen and oxygen atoms in total. The first-order valence-corrected chi connectivity index (χ1v) is 30.3. The molecule has 0 aromatic carbocycles. The Morgan fingerprint density at radius 2 is 0.703 bits per heavy atom. The molecule has 0 bridgehead atoms. The summed E-state index contributed by atoms with van der Waals surface area (Å²) < 4.78 is 39.5. The Balaban J connectivity index is 4.82. The number of phosphoric ester groups is 1. The highest BCUT2D eigenvalue weighted by molar-refractivity contribution is 7.47. The molecule has 2 N–H and O–H groups in total. The zero-order valence-electron chi connectivity index (χ0n) is 46.5. The Bertz CT molecular complexity index is 1660. The van der Waals surface area contributed by atoms with Gasteiger partial charge in [0.05, 0.1) is 19.8 Å². The Morgan fingerprint density at radius 3 is 1.09 bits per heavy atom. The molecule has 74 heavy (non-hydrogen) atoms. The van der Waals surface area contributed by atoms with Gasteiger partial charge in [-0.25, -0.2) is 4.57 Å². The van der Waals surface area contributed by atoms with Crippen molar-refractivity contribution in [3.63, 3.8) is 0 Å². The fourth-order valence-corrected chi connectivity index (χ4v) is 8.12. The summed E-state index contributed by atoms with van der Waals surface area (Å²) in [4.78, 5) is 48.5. The second kappa shape index (κ2) is 55.4. The molecule has 0 spiro atoms. The molecule has 3 unspecified atom stereocenters. The molecule has 0 amide bonds. The van der Waals surface area contributed by atoms with Crippen LogP contribution in [-0.2, 0) is 42.2 Å². The van der Waals surface area contributed by atoms with Gasteiger partial charge in [0.2, 0.25) is 0 Å². The van der Waals surface area contributed by atoms with Gasteiger partial charge < -0.3 is 24.2 Å². The molecular formula is C62H103O11P. The number of phosphoric acid groups is 1. The van der Waals surface area contributed by atoms with E-state index in [-0.39, 0.29) is 25.9 Å². The lowest BCUT2D eigenvalue weighted by Crippen LogP contribution is -2.30. The number of aliphatic hydroxyl groups excluding tert-OH is 1. The van der Waals surface area contributed by atoms with Crippen LogP contribution in [0.4, 0.5) is 0 Å². The molecule has 422 valence electrons. The molecule has 0 fully saturated rings. The number of aliphatic hydroxyl groups is 1. The minimum absolute atomic E-state index is 0.130. The number of ether oxygens (including phenoxy) is 3. The third-order valence-electron chi connectivity index (χ3n) is 11.7. The zero-order valence-corrected chi connectivity index (χ0v) is 47.4. The number of carbonyl (C=O) groups excluding carboxylic acids is 3. The Hall–Kier alpha value is -3.86. The number of hydrogen-bond acceptors (Lipinski definition) is 10. The Labute approximate surface area is 450 Å². The van der Waals surface area contributed by atoms with Crippen molar-refractivity contribution in [1.82, 2.24) is 0 Å². The predicted molar refractivity (Wildman–Crippen MR) is 307 cm³/mol. The molecule has 0 radical (unpaired) electrons. The fraction of sp³-hybridized carbons (Fsp3) is 0.661. The average Bonchev–Trinajstić information content (AvgIpc) is 3.39. The van der Waals surface area contributed by atoms with Crippen molar-refractivity contribution in [2.45, 2.75) is 238 Å². The van der Waals surface area contributed by atoms with Gasteiger partial charge in [0.25, 0.3) is 0 Å². The van der Waals surface area contributed by atoms with Crippen molar-refractivity contribution in [3.8, 4) is 0 Å². The zero-order chi connectivity index (χ0) is 54.1. The molecule has 0 heterocycles. The van der Waals surface area contributed by atoms with E-state index >= 15 is 0 Å². The highest BCUT2D eigenvalue weighted by Gasteiger charge is 2.28. The largest absolute Gasteiger partial charge is 0.472 e. The number of allylic oxidation sites excluding steroid dienone is 18. The number of esters is 3. The van der Waals surface area contributed by atoms with Crippen molar-refractivity contribution < 1.29 is 52.2 Å². The number of hydrogen-bond donors (Lipinski definition) is 2. The second-order valence-electron chi connectivity index (χ2n) is 18.7. The van der Waals surface area contributed by atoms with E-state index in [2.05, 4.69) is 130 Å². The van der Waals surface area contributed by atoms with Gasteiger partial charge in [-0.3, -0.25) is 23.4 Å². The number of unbranched alkanes of at least 4 members (excludes halogenated alkanes) is 17. The lowest BCUT2D eigenvalue weighted by atomic mass is 10.1. The minimum atomic E-state index is -4.77. The molecule has 0 saturated carbocycles. The molecule has 0 saturated heterocycles. The third kappa shape index (κ3) is 53.0. The summed E-state index contributed by atoms with van der Waals surface area (Å²) in [6, 6.07) is 0. The average molecular weight is 1060 g/mol. The predicted octanol–water partition coefficient (Wildman–Crippen LogP) is 17.0. The van der Waals surface area contributed by atoms with Crippen LogP contribution in [0.5, 0.6) is 0 Å². The topological polar surface area (TPSA) is 155 Å². The first-order valence-electron chi connectivity index (χ1n) is 28.8. The lowest BCUT2D eigenvalue weighted by Gasteiger charge is -2.21. The maximum atomic E-state index is 12.9. The van der Waals surface area contributed by atoms with Crippen LogP contribution < -0.4 is 0 Å². The van der Waals surface area contributed by atoms with E-state index in [0.29, 0.717) is 19.3 Å². The maximum Gasteiger partial charge on any atom is 0.472 e. The van der Waals surface area contributed by atoms with Gasteiger partial charge in [0.15, 0.2) is 6.10 Å². The van der Waals surface area contributed by atoms with E-state index in [0.717, 1.165) is 128 Å². The van der Waals surface area contributed by atoms with E-state index in [1.165, 1.54) is 38.5 Å². The van der Waals surface area contributed by atoms with E-state index in [1.54, 1.807) is 0 Å². The van der Waals surface area contributed by atoms with E-state index in [9.17, 15) is 28.9 Å². The molecule has 0 rings (SSSR count). The monoisotopic (exact) mass is 1050 g/mol. The highest BCUT2D eigenvalue weighted by atomic mass is 31.2. The van der Waals surface area contributed by atoms with Crippen molar-refractivity contribution >= 4 is 25.7 Å². The van der Waals surface area contributed by atoms with E-state index < -0.39 is 57.8 Å². The van der Waals surface area contributed by atoms with Crippen molar-refractivity contribution in [2.75, 3.05) is 26.4 Å². The summed E-state index contributed by atoms with van der Waals surface area (Å²) >= 11 is 0. The summed E-state index contributed by atoms with van der Waals surface area (Å²) in [5, 5.41) is 9.80. The van der Waals surface area contributed by atoms with E-state index in [4.69, 9.17) is 23.3 Å². The van der Waals surface area contributed by atoms with Gasteiger partial charge in [-0.05, 0) is 122 Å². The Kier molecular flexibility index (Phi) is 52.5. The van der Waals surface area contributed by atoms with Gasteiger partial charge >= 0.3 is 25.7 Å². The summed E-state index contributed by atoms with van der Waals surface area (Å²) in [5.74, 6) is -1.54. The fourth-order valence-electron chi connectivity index (χ4n) is 7.33. The molecule has 0 aliphatic carbocycles. The molecule has 0 aromatic rings. The van der Waals surface area contributed by atoms with Gasteiger partial charge in [-0.15, -0.1) is 0 Å². The van der Waals surface area contributed by atoms with Crippen LogP contribution in [0.2, 0.25) is 0 Å². The summed E-state index contributed by atoms with van der Waals surface area (Å²) in [5.41, 5.74) is 0. The number of rotatable bonds is 52. The number of carbonyl (C=O) groups is 3. The SMILES string of the molecule is CC/C=C\C/C=C\C/C=C\C/C=C\CCCCCCC(=O)OC(COC(=O)CCCCCCCCC/C=C\C/C=C\CCCCC)COP(=O)(O)OCC(CO)OC(=O)CCCCC/C=C\C/C=C\C/C=C\CC. The molecular weight excluding hydrogens is 952 g/mol. The van der Waals surface area contributed by atoms with Crippen LogP contribution in [-0.4, -0.2) is 66.5 Å². The highest BCUT2D eigenvalue weighted by Crippen LogP contribution is 2.43. The molecule has 3 atom stereocenters. The van der Waals surface area contributed by atoms with Crippen LogP contribution >= 0.6 is 7.82 Å². The minimum Gasteiger partial charge on any atom is -0.462 e. The Morgan fingerprint density at radius 1 is 0.392 bits per heavy atom. The summed E-state index contributed by atoms with van der Waals surface area (Å²) in [6.07, 6.45) is 66.2. The van der Waals surface area contributed by atoms with Crippen LogP contribution in [0.1, 0.15) is 226 Å². The van der Waals surface area contributed by atoms with Gasteiger partial charge in [0, 0.05) is 19.3 Å². The maximum absolute atomic E-state index is 12.9. The van der Waals surface area contributed by atoms with Crippen LogP contribution in [0.25, 0.3) is 0 Å². The standard InChI is InChI=1S/C62H103O11P/c1-4-7-10-13-16-19-22-25-27-29-31-34-36-39-42-45-48-51-60(64)69-55-59(73-62(66)53-50-47-44-41-38-35-32-30-28-26-23-20-17-14-11-8-5-2)57-71-74(67,68)70-56-58(54-63)72-61(65)52-49-46-43-40-37-33-24-21-18-15-12-9-6-3/h8-9,11-12,16-21,25-28,32-33,35,37,58-59,63H,4-7,10,13-15,22-24,29-31,34,36,38-57H2,1-3H3,(H,67,68)/b11-8-,12-9-,19-16-,20-17-,21-18-,27-25-,28-26-,35-32-,37-33-. The van der Waals surface area contributed by atoms with Gasteiger partial charge in [-0.1, -0.05) is 194 Å². The molecule has 12 heteroatoms. The van der Waals surface area contributed by atoms with Crippen LogP contribution in [0.3, 0.4) is 0 Å². The van der Waals surface area contributed by atoms with E-state index in [1.807, 2.05) is 0 Å². The molecule has 0 aliphatic rings. The second-order valence-corrected chi connectivity index (χ2v) is 20.1. The third-order valence-corrected chi connectivity index (χ3v) is 12.6. The van der Waals surface area contributed by atoms with Crippen LogP contribution in [0.15, 0.2) is 109 Å². The first kappa shape index (κ1) is 70.1. The van der Waals surface area contributed by atoms with Crippen molar-refractivity contribution in [2.24, 2.45) is 0 Å². The van der Waals surface area contributed by atoms with Crippen LogP contribution in [0, 0.1) is 0 Å². The molecule has 0 aromatic heterocycles. The smallest absolute Gasteiger partial charge is 0.462 e.